The van der Waals surface area contributed by atoms with Gasteiger partial charge in [-0.1, -0.05) is 0 Å². The minimum absolute atomic E-state index is 0.120. The van der Waals surface area contributed by atoms with Crippen LogP contribution in [0.5, 0.6) is 17.2 Å². The predicted molar refractivity (Wildman–Crippen MR) is 126 cm³/mol. The third-order valence-electron chi connectivity index (χ3n) is 5.67. The molecule has 1 amide bonds. The number of amides is 1. The molecule has 2 aromatic heterocycles. The maximum absolute atomic E-state index is 12.8. The number of carbonyl (C=O) groups is 1. The highest BCUT2D eigenvalue weighted by Crippen LogP contribution is 2.38. The Labute approximate surface area is 198 Å². The summed E-state index contributed by atoms with van der Waals surface area (Å²) in [6.07, 6.45) is 3.56. The van der Waals surface area contributed by atoms with Gasteiger partial charge in [0.2, 0.25) is 5.75 Å². The number of morpholine rings is 1. The Hall–Kier alpha value is -3.60. The number of carbonyl (C=O) groups excluding carboxylic acids is 1. The smallest absolute Gasteiger partial charge is 0.251 e. The van der Waals surface area contributed by atoms with Crippen molar-refractivity contribution in [3.63, 3.8) is 0 Å². The molecule has 1 aliphatic rings. The van der Waals surface area contributed by atoms with Gasteiger partial charge in [-0.15, -0.1) is 0 Å². The highest BCUT2D eigenvalue weighted by atomic mass is 16.5. The van der Waals surface area contributed by atoms with E-state index in [9.17, 15) is 4.79 Å². The zero-order valence-electron chi connectivity index (χ0n) is 20.1. The molecule has 0 bridgehead atoms. The van der Waals surface area contributed by atoms with Crippen LogP contribution in [0.25, 0.3) is 11.0 Å². The van der Waals surface area contributed by atoms with E-state index in [2.05, 4.69) is 39.1 Å². The molecule has 0 radical (unpaired) electrons. The molecule has 0 spiro atoms. The van der Waals surface area contributed by atoms with Crippen LogP contribution in [0.1, 0.15) is 24.2 Å². The number of anilines is 1. The van der Waals surface area contributed by atoms with Crippen LogP contribution in [0.15, 0.2) is 24.7 Å². The molecule has 1 N–H and O–H groups in total. The van der Waals surface area contributed by atoms with E-state index in [4.69, 9.17) is 18.9 Å². The number of hydrogen-bond donors (Lipinski definition) is 1. The normalized spacial score (nSPS) is 18.1. The van der Waals surface area contributed by atoms with Gasteiger partial charge in [-0.3, -0.25) is 4.79 Å². The van der Waals surface area contributed by atoms with Crippen molar-refractivity contribution in [2.45, 2.75) is 32.6 Å². The minimum Gasteiger partial charge on any atom is -0.493 e. The molecular formula is C23H30N6O5. The maximum Gasteiger partial charge on any atom is 0.251 e. The first-order valence-electron chi connectivity index (χ1n) is 11.1. The summed E-state index contributed by atoms with van der Waals surface area (Å²) in [6, 6.07) is 3.23. The van der Waals surface area contributed by atoms with Crippen molar-refractivity contribution < 1.29 is 23.7 Å². The molecule has 0 aliphatic carbocycles. The van der Waals surface area contributed by atoms with Crippen molar-refractivity contribution in [1.82, 2.24) is 25.1 Å². The predicted octanol–water partition coefficient (Wildman–Crippen LogP) is 1.90. The summed E-state index contributed by atoms with van der Waals surface area (Å²) >= 11 is 0. The molecule has 1 fully saturated rings. The van der Waals surface area contributed by atoms with Crippen molar-refractivity contribution in [3.8, 4) is 17.2 Å². The first-order chi connectivity index (χ1) is 16.4. The number of nitrogens with zero attached hydrogens (tertiary/aromatic N) is 5. The first kappa shape index (κ1) is 23.6. The molecule has 1 aliphatic heterocycles. The number of hydrogen-bond acceptors (Lipinski definition) is 9. The van der Waals surface area contributed by atoms with Crippen LogP contribution in [-0.4, -0.2) is 78.8 Å². The van der Waals surface area contributed by atoms with Crippen LogP contribution in [0.4, 0.5) is 5.82 Å². The Morgan fingerprint density at radius 1 is 1.09 bits per heavy atom. The number of ether oxygens (including phenoxy) is 4. The number of fused-ring (bicyclic) bond motifs is 1. The molecule has 1 aromatic carbocycles. The van der Waals surface area contributed by atoms with Crippen molar-refractivity contribution in [1.29, 1.82) is 0 Å². The van der Waals surface area contributed by atoms with E-state index >= 15 is 0 Å². The summed E-state index contributed by atoms with van der Waals surface area (Å²) < 4.78 is 23.6. The SMILES string of the molecule is COc1cc(C(=O)NCCn2ncc3c(N4C[C@H](C)O[C@@H](C)C4)ncnc32)cc(OC)c1OC. The van der Waals surface area contributed by atoms with Crippen molar-refractivity contribution in [2.75, 3.05) is 45.9 Å². The zero-order valence-corrected chi connectivity index (χ0v) is 20.1. The molecule has 34 heavy (non-hydrogen) atoms. The van der Waals surface area contributed by atoms with Gasteiger partial charge in [0.1, 0.15) is 12.1 Å². The third-order valence-corrected chi connectivity index (χ3v) is 5.67. The molecule has 2 atom stereocenters. The summed E-state index contributed by atoms with van der Waals surface area (Å²) in [5, 5.41) is 8.27. The van der Waals surface area contributed by atoms with Gasteiger partial charge in [-0.25, -0.2) is 14.6 Å². The fraction of sp³-hybridized carbons (Fsp3) is 0.478. The van der Waals surface area contributed by atoms with Crippen molar-refractivity contribution in [3.05, 3.63) is 30.2 Å². The number of methoxy groups -OCH3 is 3. The summed E-state index contributed by atoms with van der Waals surface area (Å²) in [6.45, 7) is 6.44. The third kappa shape index (κ3) is 4.69. The quantitative estimate of drug-likeness (QED) is 0.527. The highest BCUT2D eigenvalue weighted by molar-refractivity contribution is 5.95. The van der Waals surface area contributed by atoms with Crippen LogP contribution in [0, 0.1) is 0 Å². The molecule has 11 heteroatoms. The van der Waals surface area contributed by atoms with Crippen molar-refractivity contribution >= 4 is 22.8 Å². The van der Waals surface area contributed by atoms with Gasteiger partial charge < -0.3 is 29.2 Å². The largest absolute Gasteiger partial charge is 0.493 e. The fourth-order valence-electron chi connectivity index (χ4n) is 4.24. The van der Waals surface area contributed by atoms with Gasteiger partial charge in [0, 0.05) is 25.2 Å². The lowest BCUT2D eigenvalue weighted by molar-refractivity contribution is -0.00537. The van der Waals surface area contributed by atoms with Crippen LogP contribution in [0.2, 0.25) is 0 Å². The topological polar surface area (TPSA) is 113 Å². The zero-order chi connectivity index (χ0) is 24.2. The van der Waals surface area contributed by atoms with Crippen LogP contribution in [-0.2, 0) is 11.3 Å². The lowest BCUT2D eigenvalue weighted by atomic mass is 10.1. The molecule has 4 rings (SSSR count). The lowest BCUT2D eigenvalue weighted by Gasteiger charge is -2.36. The van der Waals surface area contributed by atoms with E-state index in [-0.39, 0.29) is 18.1 Å². The Balaban J connectivity index is 1.46. The molecule has 11 nitrogen and oxygen atoms in total. The maximum atomic E-state index is 12.8. The molecule has 3 heterocycles. The summed E-state index contributed by atoms with van der Waals surface area (Å²) in [7, 11) is 4.54. The Kier molecular flexibility index (Phi) is 7.01. The Morgan fingerprint density at radius 2 is 1.76 bits per heavy atom. The minimum atomic E-state index is -0.262. The summed E-state index contributed by atoms with van der Waals surface area (Å²) in [5.74, 6) is 1.85. The van der Waals surface area contributed by atoms with Crippen molar-refractivity contribution in [2.24, 2.45) is 0 Å². The average Bonchev–Trinajstić information content (AvgIpc) is 3.25. The lowest BCUT2D eigenvalue weighted by Crippen LogP contribution is -2.45. The van der Waals surface area contributed by atoms with Gasteiger partial charge in [0.05, 0.1) is 51.7 Å². The number of aromatic nitrogens is 4. The average molecular weight is 471 g/mol. The second-order valence-corrected chi connectivity index (χ2v) is 8.13. The number of rotatable bonds is 8. The summed E-state index contributed by atoms with van der Waals surface area (Å²) in [4.78, 5) is 23.9. The monoisotopic (exact) mass is 470 g/mol. The molecule has 182 valence electrons. The Bertz CT molecular complexity index is 1130. The van der Waals surface area contributed by atoms with Crippen LogP contribution >= 0.6 is 0 Å². The van der Waals surface area contributed by atoms with E-state index in [1.165, 1.54) is 21.3 Å². The van der Waals surface area contributed by atoms with E-state index in [0.29, 0.717) is 35.9 Å². The molecule has 0 unspecified atom stereocenters. The van der Waals surface area contributed by atoms with Gasteiger partial charge in [-0.05, 0) is 26.0 Å². The number of nitrogens with one attached hydrogen (secondary N) is 1. The van der Waals surface area contributed by atoms with Crippen LogP contribution < -0.4 is 24.4 Å². The van der Waals surface area contributed by atoms with Gasteiger partial charge >= 0.3 is 0 Å². The molecular weight excluding hydrogens is 440 g/mol. The molecule has 1 saturated heterocycles. The second kappa shape index (κ2) is 10.1. The first-order valence-corrected chi connectivity index (χ1v) is 11.1. The Morgan fingerprint density at radius 3 is 2.38 bits per heavy atom. The van der Waals surface area contributed by atoms with Gasteiger partial charge in [0.15, 0.2) is 17.1 Å². The second-order valence-electron chi connectivity index (χ2n) is 8.13. The fourth-order valence-corrected chi connectivity index (χ4v) is 4.24. The van der Waals surface area contributed by atoms with E-state index in [0.717, 1.165) is 29.9 Å². The van der Waals surface area contributed by atoms with Gasteiger partial charge in [0.25, 0.3) is 5.91 Å². The van der Waals surface area contributed by atoms with E-state index < -0.39 is 0 Å². The standard InChI is InChI=1S/C23H30N6O5/c1-14-11-28(12-15(2)34-14)21-17-10-27-29(22(17)26-13-25-21)7-6-24-23(30)16-8-18(31-3)20(33-5)19(9-16)32-4/h8-10,13-15H,6-7,11-12H2,1-5H3,(H,24,30)/t14-,15-/m0/s1. The molecule has 3 aromatic rings. The summed E-state index contributed by atoms with van der Waals surface area (Å²) in [5.41, 5.74) is 1.12. The van der Waals surface area contributed by atoms with E-state index in [1.807, 2.05) is 0 Å². The molecule has 0 saturated carbocycles. The highest BCUT2D eigenvalue weighted by Gasteiger charge is 2.25. The number of benzene rings is 1. The van der Waals surface area contributed by atoms with Crippen LogP contribution in [0.3, 0.4) is 0 Å². The van der Waals surface area contributed by atoms with Gasteiger partial charge in [-0.2, -0.15) is 5.10 Å². The van der Waals surface area contributed by atoms with E-state index in [1.54, 1.807) is 29.3 Å².